The molecule has 0 N–H and O–H groups in total. The van der Waals surface area contributed by atoms with Crippen LogP contribution in [0, 0.1) is 17.8 Å². The van der Waals surface area contributed by atoms with Crippen LogP contribution in [0.15, 0.2) is 35.1 Å². The number of alkyl halides is 1. The van der Waals surface area contributed by atoms with Crippen molar-refractivity contribution in [2.24, 2.45) is 17.8 Å². The van der Waals surface area contributed by atoms with Crippen molar-refractivity contribution >= 4 is 28.4 Å². The van der Waals surface area contributed by atoms with Crippen molar-refractivity contribution in [3.63, 3.8) is 0 Å². The molecule has 1 heterocycles. The second kappa shape index (κ2) is 10.1. The minimum atomic E-state index is 0.391. The number of hydrogen-bond acceptors (Lipinski definition) is 3. The number of likely N-dealkylation sites (tertiary alicyclic amines) is 1. The fourth-order valence-corrected chi connectivity index (χ4v) is 4.27. The zero-order chi connectivity index (χ0) is 19.3. The van der Waals surface area contributed by atoms with Crippen LogP contribution in [0.4, 0.5) is 0 Å². The minimum Gasteiger partial charge on any atom is -0.497 e. The van der Waals surface area contributed by atoms with E-state index in [1.54, 1.807) is 7.11 Å². The molecule has 1 fully saturated rings. The number of hydrogen-bond donors (Lipinski definition) is 0. The van der Waals surface area contributed by atoms with Gasteiger partial charge in [0.15, 0.2) is 0 Å². The molecule has 0 amide bonds. The Kier molecular flexibility index (Phi) is 8.40. The molecule has 0 aromatic heterocycles. The zero-order valence-electron chi connectivity index (χ0n) is 16.9. The highest BCUT2D eigenvalue weighted by molar-refractivity contribution is 14.1. The maximum absolute atomic E-state index is 12.3. The van der Waals surface area contributed by atoms with Crippen LogP contribution in [0.1, 0.15) is 47.0 Å². The van der Waals surface area contributed by atoms with E-state index in [9.17, 15) is 4.79 Å². The van der Waals surface area contributed by atoms with E-state index < -0.39 is 0 Å². The summed E-state index contributed by atoms with van der Waals surface area (Å²) < 4.78 is 6.03. The number of methoxy groups -OCH3 is 1. The molecule has 0 radical (unpaired) electrons. The number of carbonyl (C=O) groups excluding carboxylic acids is 1. The smallest absolute Gasteiger partial charge is 0.146 e. The lowest BCUT2D eigenvalue weighted by molar-refractivity contribution is -0.120. The van der Waals surface area contributed by atoms with Gasteiger partial charge >= 0.3 is 0 Å². The lowest BCUT2D eigenvalue weighted by Crippen LogP contribution is -2.43. The van der Waals surface area contributed by atoms with Crippen molar-refractivity contribution < 1.29 is 9.53 Å². The van der Waals surface area contributed by atoms with Crippen LogP contribution >= 0.6 is 22.6 Å². The molecule has 2 rings (SSSR count). The molecule has 0 saturated carbocycles. The van der Waals surface area contributed by atoms with Crippen molar-refractivity contribution in [3.05, 3.63) is 35.1 Å². The summed E-state index contributed by atoms with van der Waals surface area (Å²) in [5.74, 6) is 2.89. The Morgan fingerprint density at radius 2 is 2.12 bits per heavy atom. The molecular weight excluding hydrogens is 437 g/mol. The monoisotopic (exact) mass is 471 g/mol. The number of piperidine rings is 1. The van der Waals surface area contributed by atoms with E-state index >= 15 is 0 Å². The highest BCUT2D eigenvalue weighted by Crippen LogP contribution is 2.37. The highest BCUT2D eigenvalue weighted by Gasteiger charge is 2.32. The van der Waals surface area contributed by atoms with E-state index in [0.717, 1.165) is 31.7 Å². The molecule has 0 aromatic carbocycles. The fraction of sp³-hybridized carbons (Fsp3) is 0.682. The van der Waals surface area contributed by atoms with Gasteiger partial charge in [0, 0.05) is 16.9 Å². The average molecular weight is 471 g/mol. The van der Waals surface area contributed by atoms with Crippen LogP contribution in [0.2, 0.25) is 0 Å². The molecule has 0 aromatic rings. The van der Waals surface area contributed by atoms with Gasteiger partial charge in [0.25, 0.3) is 0 Å². The molecular formula is C22H34INO2. The summed E-state index contributed by atoms with van der Waals surface area (Å²) in [4.78, 5) is 14.7. The minimum absolute atomic E-state index is 0.391. The van der Waals surface area contributed by atoms with Gasteiger partial charge in [0.2, 0.25) is 0 Å². The number of halogens is 1. The number of allylic oxidation sites excluding steroid dienone is 4. The summed E-state index contributed by atoms with van der Waals surface area (Å²) in [6, 6.07) is 0. The summed E-state index contributed by atoms with van der Waals surface area (Å²) in [6.07, 6.45) is 9.37. The summed E-state index contributed by atoms with van der Waals surface area (Å²) in [6.45, 7) is 11.7. The van der Waals surface area contributed by atoms with E-state index in [1.807, 2.05) is 0 Å². The number of ether oxygens (including phenoxy) is 1. The van der Waals surface area contributed by atoms with Crippen LogP contribution in [0.25, 0.3) is 0 Å². The molecule has 3 nitrogen and oxygen atoms in total. The quantitative estimate of drug-likeness (QED) is 0.379. The standard InChI is InChI=1S/C22H34INO2/c1-15-10-11-24(13-19(25)7-6-17(3)23)14-22(15)21-9-8-20(26-5)12-16(2)18(21)4/h8-9,12,15,17-18,22H,6-7,10-11,13-14H2,1-5H3/t15-,17?,18?,22-/m0/s1. The molecule has 146 valence electrons. The third kappa shape index (κ3) is 5.95. The lowest BCUT2D eigenvalue weighted by Gasteiger charge is -2.39. The van der Waals surface area contributed by atoms with Gasteiger partial charge in [-0.25, -0.2) is 0 Å². The van der Waals surface area contributed by atoms with Gasteiger partial charge in [-0.3, -0.25) is 9.69 Å². The first-order valence-corrected chi connectivity index (χ1v) is 11.1. The van der Waals surface area contributed by atoms with Crippen LogP contribution in [-0.2, 0) is 9.53 Å². The van der Waals surface area contributed by atoms with E-state index in [4.69, 9.17) is 4.74 Å². The first-order chi connectivity index (χ1) is 12.3. The second-order valence-electron chi connectivity index (χ2n) is 8.02. The van der Waals surface area contributed by atoms with Crippen molar-refractivity contribution in [1.82, 2.24) is 4.90 Å². The SMILES string of the molecule is COC1=CC=C([C@H]2CN(CC(=O)CCC(C)I)CC[C@@H]2C)C(C)C(C)=C1. The number of rotatable bonds is 7. The average Bonchev–Trinajstić information content (AvgIpc) is 2.74. The van der Waals surface area contributed by atoms with Gasteiger partial charge in [-0.05, 0) is 56.2 Å². The molecule has 26 heavy (non-hydrogen) atoms. The van der Waals surface area contributed by atoms with E-state index in [-0.39, 0.29) is 0 Å². The van der Waals surface area contributed by atoms with Gasteiger partial charge < -0.3 is 4.74 Å². The zero-order valence-corrected chi connectivity index (χ0v) is 19.1. The number of carbonyl (C=O) groups is 1. The fourth-order valence-electron chi connectivity index (χ4n) is 3.96. The van der Waals surface area contributed by atoms with E-state index in [1.165, 1.54) is 11.1 Å². The lowest BCUT2D eigenvalue weighted by atomic mass is 9.75. The van der Waals surface area contributed by atoms with Crippen molar-refractivity contribution in [2.75, 3.05) is 26.7 Å². The maximum atomic E-state index is 12.3. The third-order valence-electron chi connectivity index (χ3n) is 5.92. The summed E-state index contributed by atoms with van der Waals surface area (Å²) >= 11 is 2.40. The molecule has 1 aliphatic heterocycles. The van der Waals surface area contributed by atoms with Gasteiger partial charge in [-0.1, -0.05) is 60.6 Å². The van der Waals surface area contributed by atoms with Crippen molar-refractivity contribution in [1.29, 1.82) is 0 Å². The van der Waals surface area contributed by atoms with Crippen molar-refractivity contribution in [3.8, 4) is 0 Å². The van der Waals surface area contributed by atoms with Crippen LogP contribution < -0.4 is 0 Å². The Bertz CT molecular complexity index is 591. The summed E-state index contributed by atoms with van der Waals surface area (Å²) in [7, 11) is 1.73. The summed E-state index contributed by atoms with van der Waals surface area (Å²) in [5.41, 5.74) is 2.83. The molecule has 2 aliphatic rings. The first-order valence-electron chi connectivity index (χ1n) is 9.83. The number of Topliss-reactive ketones (excluding diaryl/α,β-unsaturated/α-hetero) is 1. The molecule has 1 saturated heterocycles. The van der Waals surface area contributed by atoms with Crippen LogP contribution in [-0.4, -0.2) is 41.4 Å². The maximum Gasteiger partial charge on any atom is 0.146 e. The Hall–Kier alpha value is -0.620. The first kappa shape index (κ1) is 21.7. The van der Waals surface area contributed by atoms with E-state index in [2.05, 4.69) is 73.4 Å². The predicted octanol–water partition coefficient (Wildman–Crippen LogP) is 5.17. The number of nitrogens with zero attached hydrogens (tertiary/aromatic N) is 1. The Labute approximate surface area is 173 Å². The van der Waals surface area contributed by atoms with Gasteiger partial charge in [0.1, 0.15) is 11.5 Å². The predicted molar refractivity (Wildman–Crippen MR) is 118 cm³/mol. The molecule has 4 heteroatoms. The van der Waals surface area contributed by atoms with Gasteiger partial charge in [-0.15, -0.1) is 0 Å². The van der Waals surface area contributed by atoms with Crippen LogP contribution in [0.3, 0.4) is 0 Å². The topological polar surface area (TPSA) is 29.5 Å². The molecule has 0 bridgehead atoms. The normalized spacial score (nSPS) is 28.5. The number of ketones is 1. The molecule has 0 spiro atoms. The van der Waals surface area contributed by atoms with E-state index in [0.29, 0.717) is 40.4 Å². The molecule has 1 aliphatic carbocycles. The van der Waals surface area contributed by atoms with Crippen LogP contribution in [0.5, 0.6) is 0 Å². The Balaban J connectivity index is 2.08. The Morgan fingerprint density at radius 3 is 2.77 bits per heavy atom. The molecule has 2 unspecified atom stereocenters. The highest BCUT2D eigenvalue weighted by atomic mass is 127. The Morgan fingerprint density at radius 1 is 1.38 bits per heavy atom. The third-order valence-corrected chi connectivity index (χ3v) is 6.54. The molecule has 4 atom stereocenters. The second-order valence-corrected chi connectivity index (χ2v) is 10.1. The summed E-state index contributed by atoms with van der Waals surface area (Å²) in [5, 5.41) is 0. The van der Waals surface area contributed by atoms with Crippen molar-refractivity contribution in [2.45, 2.75) is 50.9 Å². The largest absolute Gasteiger partial charge is 0.497 e. The van der Waals surface area contributed by atoms with Gasteiger partial charge in [0.05, 0.1) is 13.7 Å². The van der Waals surface area contributed by atoms with Gasteiger partial charge in [-0.2, -0.15) is 0 Å².